The Morgan fingerprint density at radius 3 is 2.13 bits per heavy atom. The summed E-state index contributed by atoms with van der Waals surface area (Å²) in [6, 6.07) is 4.47. The van der Waals surface area contributed by atoms with Crippen LogP contribution in [0.5, 0.6) is 0 Å². The summed E-state index contributed by atoms with van der Waals surface area (Å²) in [5.41, 5.74) is 6.76. The maximum atomic E-state index is 12.7. The number of amides is 2. The minimum absolute atomic E-state index is 0.0549. The lowest BCUT2D eigenvalue weighted by molar-refractivity contribution is -0.131. The number of aliphatic hydroxyl groups excluding tert-OH is 1. The van der Waals surface area contributed by atoms with E-state index >= 15 is 0 Å². The van der Waals surface area contributed by atoms with Crippen LogP contribution in [0.25, 0.3) is 0 Å². The Hall–Kier alpha value is -2.50. The number of sulfonamides is 1. The molecule has 7 N–H and O–H groups in total. The van der Waals surface area contributed by atoms with Crippen molar-refractivity contribution < 1.29 is 23.1 Å². The van der Waals surface area contributed by atoms with Gasteiger partial charge in [-0.3, -0.25) is 15.0 Å². The van der Waals surface area contributed by atoms with Crippen LogP contribution in [0.4, 0.5) is 0 Å². The first-order valence-corrected chi connectivity index (χ1v) is 11.4. The highest BCUT2D eigenvalue weighted by Gasteiger charge is 2.30. The van der Waals surface area contributed by atoms with Crippen LogP contribution in [-0.4, -0.2) is 55.6 Å². The molecule has 0 aliphatic carbocycles. The number of carbonyl (C=O) groups excluding carboxylic acids is 2. The fourth-order valence-electron chi connectivity index (χ4n) is 2.68. The highest BCUT2D eigenvalue weighted by molar-refractivity contribution is 7.88. The molecule has 11 heteroatoms. The number of rotatable bonds is 11. The zero-order chi connectivity index (χ0) is 23.1. The van der Waals surface area contributed by atoms with Crippen molar-refractivity contribution in [2.75, 3.05) is 6.26 Å². The van der Waals surface area contributed by atoms with Crippen molar-refractivity contribution in [2.24, 2.45) is 11.7 Å². The van der Waals surface area contributed by atoms with E-state index in [1.54, 1.807) is 24.3 Å². The number of nitrogens with two attached hydrogens (primary N) is 1. The minimum atomic E-state index is -3.74. The third kappa shape index (κ3) is 8.89. The number of hydrogen-bond acceptors (Lipinski definition) is 6. The fourth-order valence-corrected chi connectivity index (χ4v) is 3.45. The predicted molar refractivity (Wildman–Crippen MR) is 114 cm³/mol. The monoisotopic (exact) mass is 441 g/mol. The van der Waals surface area contributed by atoms with Crippen molar-refractivity contribution in [3.8, 4) is 0 Å². The molecular formula is C19H31N5O5S. The maximum absolute atomic E-state index is 12.7. The van der Waals surface area contributed by atoms with Gasteiger partial charge in [-0.05, 0) is 24.8 Å². The molecule has 0 saturated carbocycles. The van der Waals surface area contributed by atoms with Crippen LogP contribution < -0.4 is 21.1 Å². The number of benzene rings is 1. The van der Waals surface area contributed by atoms with E-state index in [0.717, 1.165) is 11.8 Å². The molecule has 168 valence electrons. The number of hydrogen-bond donors (Lipinski definition) is 6. The lowest BCUT2D eigenvalue weighted by atomic mass is 10.0. The molecule has 0 aliphatic rings. The van der Waals surface area contributed by atoms with E-state index in [1.165, 1.54) is 6.92 Å². The third-order valence-electron chi connectivity index (χ3n) is 4.18. The Labute approximate surface area is 177 Å². The highest BCUT2D eigenvalue weighted by atomic mass is 32.2. The summed E-state index contributed by atoms with van der Waals surface area (Å²) >= 11 is 0. The topological polar surface area (TPSA) is 174 Å². The highest BCUT2D eigenvalue weighted by Crippen LogP contribution is 2.08. The second-order valence-electron chi connectivity index (χ2n) is 7.63. The van der Waals surface area contributed by atoms with Crippen LogP contribution in [0.3, 0.4) is 0 Å². The van der Waals surface area contributed by atoms with Gasteiger partial charge < -0.3 is 21.5 Å². The van der Waals surface area contributed by atoms with Crippen molar-refractivity contribution in [1.29, 1.82) is 5.41 Å². The van der Waals surface area contributed by atoms with E-state index in [0.29, 0.717) is 12.0 Å². The average Bonchev–Trinajstić information content (AvgIpc) is 2.62. The molecule has 1 unspecified atom stereocenters. The van der Waals surface area contributed by atoms with E-state index < -0.39 is 40.0 Å². The number of nitrogens with one attached hydrogen (secondary N) is 4. The van der Waals surface area contributed by atoms with Crippen LogP contribution in [0.15, 0.2) is 24.3 Å². The van der Waals surface area contributed by atoms with Gasteiger partial charge in [-0.1, -0.05) is 38.1 Å². The molecule has 3 atom stereocenters. The van der Waals surface area contributed by atoms with E-state index in [9.17, 15) is 23.1 Å². The third-order valence-corrected chi connectivity index (χ3v) is 4.86. The number of nitrogen functional groups attached to an aromatic ring is 1. The molecule has 2 amide bonds. The van der Waals surface area contributed by atoms with Crippen LogP contribution in [-0.2, 0) is 26.2 Å². The quantitative estimate of drug-likeness (QED) is 0.198. The summed E-state index contributed by atoms with van der Waals surface area (Å²) in [6.07, 6.45) is -0.0836. The predicted octanol–water partition coefficient (Wildman–Crippen LogP) is -0.584. The first-order chi connectivity index (χ1) is 13.8. The first-order valence-electron chi connectivity index (χ1n) is 9.47. The molecule has 10 nitrogen and oxygen atoms in total. The van der Waals surface area contributed by atoms with Crippen LogP contribution >= 0.6 is 0 Å². The minimum Gasteiger partial charge on any atom is -0.391 e. The molecule has 0 saturated heterocycles. The molecule has 0 radical (unpaired) electrons. The van der Waals surface area contributed by atoms with Crippen molar-refractivity contribution >= 4 is 27.7 Å². The van der Waals surface area contributed by atoms with Gasteiger partial charge in [0.2, 0.25) is 21.8 Å². The van der Waals surface area contributed by atoms with Crippen LogP contribution in [0, 0.1) is 11.3 Å². The summed E-state index contributed by atoms with van der Waals surface area (Å²) in [6.45, 7) is 5.25. The molecule has 1 rings (SSSR count). The lowest BCUT2D eigenvalue weighted by Crippen LogP contribution is -2.57. The summed E-state index contributed by atoms with van der Waals surface area (Å²) in [7, 11) is -3.74. The summed E-state index contributed by atoms with van der Waals surface area (Å²) < 4.78 is 25.0. The van der Waals surface area contributed by atoms with Gasteiger partial charge in [-0.25, -0.2) is 13.1 Å². The van der Waals surface area contributed by atoms with Gasteiger partial charge >= 0.3 is 0 Å². The Balaban J connectivity index is 2.84. The molecule has 1 aromatic carbocycles. The van der Waals surface area contributed by atoms with Gasteiger partial charge in [0.25, 0.3) is 0 Å². The summed E-state index contributed by atoms with van der Waals surface area (Å²) in [5, 5.41) is 22.4. The van der Waals surface area contributed by atoms with Gasteiger partial charge in [0.15, 0.2) is 0 Å². The lowest BCUT2D eigenvalue weighted by Gasteiger charge is -2.25. The molecule has 0 fully saturated rings. The zero-order valence-corrected chi connectivity index (χ0v) is 18.4. The first kappa shape index (κ1) is 25.5. The van der Waals surface area contributed by atoms with Crippen molar-refractivity contribution in [3.05, 3.63) is 35.4 Å². The second kappa shape index (κ2) is 11.0. The number of amidine groups is 1. The van der Waals surface area contributed by atoms with Gasteiger partial charge in [0, 0.05) is 12.1 Å². The Morgan fingerprint density at radius 2 is 1.70 bits per heavy atom. The largest absolute Gasteiger partial charge is 0.391 e. The molecule has 30 heavy (non-hydrogen) atoms. The number of aliphatic hydroxyl groups is 1. The van der Waals surface area contributed by atoms with Gasteiger partial charge in [0.1, 0.15) is 17.9 Å². The van der Waals surface area contributed by atoms with Crippen molar-refractivity contribution in [2.45, 2.75) is 51.9 Å². The molecule has 0 heterocycles. The maximum Gasteiger partial charge on any atom is 0.242 e. The van der Waals surface area contributed by atoms with E-state index in [4.69, 9.17) is 11.1 Å². The van der Waals surface area contributed by atoms with Crippen LogP contribution in [0.1, 0.15) is 38.3 Å². The molecule has 0 aromatic heterocycles. The summed E-state index contributed by atoms with van der Waals surface area (Å²) in [4.78, 5) is 25.2. The Morgan fingerprint density at radius 1 is 1.13 bits per heavy atom. The molecule has 0 spiro atoms. The smallest absolute Gasteiger partial charge is 0.242 e. The second-order valence-corrected chi connectivity index (χ2v) is 9.41. The standard InChI is InChI=1S/C19H31N5O5S/c1-11(2)9-15(23-19(27)16(12(3)25)24-30(4,28)29)18(26)22-10-13-5-7-14(8-6-13)17(20)21/h5-8,11-12,15-16,24-25H,9-10H2,1-4H3,(H3,20,21)(H,22,26)(H,23,27)/t12?,15-,16-/m1/s1. The van der Waals surface area contributed by atoms with Crippen molar-refractivity contribution in [3.63, 3.8) is 0 Å². The molecular weight excluding hydrogens is 410 g/mol. The van der Waals surface area contributed by atoms with E-state index in [-0.39, 0.29) is 18.3 Å². The molecule has 0 bridgehead atoms. The Bertz CT molecular complexity index is 853. The van der Waals surface area contributed by atoms with E-state index in [1.807, 2.05) is 13.8 Å². The SMILES string of the molecule is CC(C)C[C@@H](NC(=O)[C@H](NS(C)(=O)=O)C(C)O)C(=O)NCc1ccc(C(=N)N)cc1. The number of carbonyl (C=O) groups is 2. The summed E-state index contributed by atoms with van der Waals surface area (Å²) in [5.74, 6) is -1.21. The normalized spacial score (nSPS) is 14.6. The van der Waals surface area contributed by atoms with Crippen LogP contribution in [0.2, 0.25) is 0 Å². The molecule has 1 aromatic rings. The fraction of sp³-hybridized carbons (Fsp3) is 0.526. The van der Waals surface area contributed by atoms with Gasteiger partial charge in [-0.2, -0.15) is 0 Å². The van der Waals surface area contributed by atoms with Crippen molar-refractivity contribution in [1.82, 2.24) is 15.4 Å². The van der Waals surface area contributed by atoms with Gasteiger partial charge in [0.05, 0.1) is 12.4 Å². The average molecular weight is 442 g/mol. The zero-order valence-electron chi connectivity index (χ0n) is 17.6. The van der Waals surface area contributed by atoms with E-state index in [2.05, 4.69) is 15.4 Å². The Kier molecular flexibility index (Phi) is 9.40. The van der Waals surface area contributed by atoms with Gasteiger partial charge in [-0.15, -0.1) is 0 Å². The molecule has 0 aliphatic heterocycles.